The molecule has 0 aromatic carbocycles. The first-order chi connectivity index (χ1) is 4.77. The van der Waals surface area contributed by atoms with Crippen molar-refractivity contribution in [2.24, 2.45) is 0 Å². The van der Waals surface area contributed by atoms with Gasteiger partial charge in [-0.2, -0.15) is 0 Å². The Morgan fingerprint density at radius 1 is 1.50 bits per heavy atom. The van der Waals surface area contributed by atoms with Crippen LogP contribution in [0.4, 0.5) is 0 Å². The molecule has 0 fully saturated rings. The minimum absolute atomic E-state index is 0.148. The van der Waals surface area contributed by atoms with Gasteiger partial charge in [0.1, 0.15) is 0 Å². The monoisotopic (exact) mass is 252 g/mol. The van der Waals surface area contributed by atoms with Gasteiger partial charge in [-0.05, 0) is 36.7 Å². The van der Waals surface area contributed by atoms with Crippen LogP contribution in [0.25, 0.3) is 0 Å². The number of allylic oxidation sites excluding steroid dienone is 2. The number of alkyl halides is 1. The van der Waals surface area contributed by atoms with Crippen molar-refractivity contribution in [2.45, 2.75) is 26.2 Å². The number of unbranched alkanes of at least 4 members (excludes halogenated alkanes) is 2. The Morgan fingerprint density at radius 2 is 2.20 bits per heavy atom. The van der Waals surface area contributed by atoms with Crippen LogP contribution in [-0.4, -0.2) is 10.2 Å². The normalized spacial score (nSPS) is 10.6. The molecule has 0 aliphatic rings. The zero-order valence-corrected chi connectivity index (χ0v) is 8.43. The highest BCUT2D eigenvalue weighted by atomic mass is 127. The summed E-state index contributed by atoms with van der Waals surface area (Å²) in [6.07, 6.45) is 7.10. The Labute approximate surface area is 76.0 Å². The standard InChI is InChI=1S/C8H13IO/c1-8(10)6-4-2-3-5-7-9/h4,6H,2-3,5,7H2,1H3/b6-4+. The van der Waals surface area contributed by atoms with Crippen molar-refractivity contribution >= 4 is 28.4 Å². The van der Waals surface area contributed by atoms with Gasteiger partial charge in [-0.3, -0.25) is 4.79 Å². The van der Waals surface area contributed by atoms with Gasteiger partial charge in [-0.15, -0.1) is 0 Å². The van der Waals surface area contributed by atoms with Crippen molar-refractivity contribution in [1.82, 2.24) is 0 Å². The molecule has 0 aromatic rings. The lowest BCUT2D eigenvalue weighted by atomic mass is 10.2. The van der Waals surface area contributed by atoms with Crippen molar-refractivity contribution in [1.29, 1.82) is 0 Å². The molecule has 0 saturated carbocycles. The maximum absolute atomic E-state index is 10.4. The van der Waals surface area contributed by atoms with Crippen molar-refractivity contribution in [3.8, 4) is 0 Å². The molecule has 0 heterocycles. The lowest BCUT2D eigenvalue weighted by molar-refractivity contribution is -0.112. The fraction of sp³-hybridized carbons (Fsp3) is 0.625. The third-order valence-electron chi connectivity index (χ3n) is 1.11. The highest BCUT2D eigenvalue weighted by Gasteiger charge is 1.83. The van der Waals surface area contributed by atoms with Gasteiger partial charge < -0.3 is 0 Å². The molecule has 0 bridgehead atoms. The molecule has 0 spiro atoms. The molecular weight excluding hydrogens is 239 g/mol. The van der Waals surface area contributed by atoms with Crippen molar-refractivity contribution < 1.29 is 4.79 Å². The summed E-state index contributed by atoms with van der Waals surface area (Å²) in [4.78, 5) is 10.4. The Bertz CT molecular complexity index is 118. The van der Waals surface area contributed by atoms with Crippen LogP contribution in [0, 0.1) is 0 Å². The van der Waals surface area contributed by atoms with Crippen molar-refractivity contribution in [3.63, 3.8) is 0 Å². The van der Waals surface area contributed by atoms with E-state index in [-0.39, 0.29) is 5.78 Å². The van der Waals surface area contributed by atoms with Gasteiger partial charge in [0.15, 0.2) is 5.78 Å². The number of rotatable bonds is 5. The van der Waals surface area contributed by atoms with E-state index in [4.69, 9.17) is 0 Å². The average Bonchev–Trinajstić information content (AvgIpc) is 1.87. The van der Waals surface area contributed by atoms with Crippen LogP contribution in [0.3, 0.4) is 0 Å². The lowest BCUT2D eigenvalue weighted by Crippen LogP contribution is -1.80. The number of hydrogen-bond acceptors (Lipinski definition) is 1. The molecule has 2 heteroatoms. The number of halogens is 1. The smallest absolute Gasteiger partial charge is 0.152 e. The third kappa shape index (κ3) is 8.14. The first-order valence-corrected chi connectivity index (χ1v) is 5.03. The highest BCUT2D eigenvalue weighted by Crippen LogP contribution is 1.99. The quantitative estimate of drug-likeness (QED) is 0.318. The maximum Gasteiger partial charge on any atom is 0.152 e. The van der Waals surface area contributed by atoms with E-state index in [1.165, 1.54) is 17.3 Å². The molecule has 58 valence electrons. The largest absolute Gasteiger partial charge is 0.295 e. The number of carbonyl (C=O) groups is 1. The van der Waals surface area contributed by atoms with Gasteiger partial charge in [0, 0.05) is 0 Å². The fourth-order valence-corrected chi connectivity index (χ4v) is 1.15. The third-order valence-corrected chi connectivity index (χ3v) is 1.87. The first kappa shape index (κ1) is 10.1. The molecule has 1 nitrogen and oxygen atoms in total. The minimum atomic E-state index is 0.148. The molecule has 0 saturated heterocycles. The Balaban J connectivity index is 3.10. The van der Waals surface area contributed by atoms with Gasteiger partial charge in [0.2, 0.25) is 0 Å². The summed E-state index contributed by atoms with van der Waals surface area (Å²) >= 11 is 2.36. The van der Waals surface area contributed by atoms with E-state index in [9.17, 15) is 4.79 Å². The second-order valence-electron chi connectivity index (χ2n) is 2.20. The van der Waals surface area contributed by atoms with E-state index in [2.05, 4.69) is 22.6 Å². The summed E-state index contributed by atoms with van der Waals surface area (Å²) in [6, 6.07) is 0. The molecule has 0 unspecified atom stereocenters. The molecule has 10 heavy (non-hydrogen) atoms. The molecule has 0 aromatic heterocycles. The van der Waals surface area contributed by atoms with Gasteiger partial charge in [0.05, 0.1) is 0 Å². The fourth-order valence-electron chi connectivity index (χ4n) is 0.606. The Hall–Kier alpha value is 0.140. The highest BCUT2D eigenvalue weighted by molar-refractivity contribution is 14.1. The van der Waals surface area contributed by atoms with Crippen molar-refractivity contribution in [3.05, 3.63) is 12.2 Å². The molecule has 0 amide bonds. The Kier molecular flexibility index (Phi) is 7.35. The van der Waals surface area contributed by atoms with Crippen LogP contribution in [0.1, 0.15) is 26.2 Å². The van der Waals surface area contributed by atoms with Crippen LogP contribution in [0.15, 0.2) is 12.2 Å². The van der Waals surface area contributed by atoms with Gasteiger partial charge >= 0.3 is 0 Å². The van der Waals surface area contributed by atoms with Crippen LogP contribution in [0.5, 0.6) is 0 Å². The second kappa shape index (κ2) is 7.25. The molecule has 0 aliphatic carbocycles. The summed E-state index contributed by atoms with van der Waals surface area (Å²) in [6.45, 7) is 1.58. The van der Waals surface area contributed by atoms with E-state index < -0.39 is 0 Å². The summed E-state index contributed by atoms with van der Waals surface area (Å²) in [5, 5.41) is 0. The predicted molar refractivity (Wildman–Crippen MR) is 52.6 cm³/mol. The molecule has 0 radical (unpaired) electrons. The molecule has 0 aliphatic heterocycles. The van der Waals surface area contributed by atoms with Gasteiger partial charge in [-0.25, -0.2) is 0 Å². The summed E-state index contributed by atoms with van der Waals surface area (Å²) in [5.41, 5.74) is 0. The molecule has 0 N–H and O–H groups in total. The molecule has 0 atom stereocenters. The first-order valence-electron chi connectivity index (χ1n) is 3.50. The number of carbonyl (C=O) groups excluding carboxylic acids is 1. The van der Waals surface area contributed by atoms with E-state index in [0.29, 0.717) is 0 Å². The topological polar surface area (TPSA) is 17.1 Å². The van der Waals surface area contributed by atoms with Gasteiger partial charge in [-0.1, -0.05) is 28.7 Å². The lowest BCUT2D eigenvalue weighted by Gasteiger charge is -1.88. The number of hydrogen-bond donors (Lipinski definition) is 0. The zero-order valence-electron chi connectivity index (χ0n) is 6.27. The summed E-state index contributed by atoms with van der Waals surface area (Å²) < 4.78 is 1.21. The van der Waals surface area contributed by atoms with E-state index in [1.54, 1.807) is 13.0 Å². The minimum Gasteiger partial charge on any atom is -0.295 e. The summed E-state index contributed by atoms with van der Waals surface area (Å²) in [7, 11) is 0. The van der Waals surface area contributed by atoms with E-state index >= 15 is 0 Å². The number of ketones is 1. The molecule has 0 rings (SSSR count). The second-order valence-corrected chi connectivity index (χ2v) is 3.28. The average molecular weight is 252 g/mol. The maximum atomic E-state index is 10.4. The SMILES string of the molecule is CC(=O)/C=C/CCCCI. The summed E-state index contributed by atoms with van der Waals surface area (Å²) in [5.74, 6) is 0.148. The van der Waals surface area contributed by atoms with Crippen LogP contribution < -0.4 is 0 Å². The van der Waals surface area contributed by atoms with Gasteiger partial charge in [0.25, 0.3) is 0 Å². The van der Waals surface area contributed by atoms with Crippen molar-refractivity contribution in [2.75, 3.05) is 4.43 Å². The Morgan fingerprint density at radius 3 is 2.70 bits per heavy atom. The molecular formula is C8H13IO. The van der Waals surface area contributed by atoms with Crippen LogP contribution in [0.2, 0.25) is 0 Å². The predicted octanol–water partition coefficient (Wildman–Crippen LogP) is 2.74. The zero-order chi connectivity index (χ0) is 7.82. The van der Waals surface area contributed by atoms with E-state index in [1.807, 2.05) is 6.08 Å². The van der Waals surface area contributed by atoms with E-state index in [0.717, 1.165) is 6.42 Å². The van der Waals surface area contributed by atoms with Crippen LogP contribution >= 0.6 is 22.6 Å². The van der Waals surface area contributed by atoms with Crippen LogP contribution in [-0.2, 0) is 4.79 Å².